The number of ether oxygens (including phenoxy) is 1. The van der Waals surface area contributed by atoms with Gasteiger partial charge in [-0.25, -0.2) is 0 Å². The molecule has 1 spiro atoms. The Morgan fingerprint density at radius 1 is 1.19 bits per heavy atom. The zero-order valence-corrected chi connectivity index (χ0v) is 15.2. The maximum absolute atomic E-state index is 12.8. The van der Waals surface area contributed by atoms with E-state index in [-0.39, 0.29) is 17.4 Å². The molecule has 4 rings (SSSR count). The maximum Gasteiger partial charge on any atom is 0.242 e. The Kier molecular flexibility index (Phi) is 4.44. The summed E-state index contributed by atoms with van der Waals surface area (Å²) in [5, 5.41) is 1.15. The summed E-state index contributed by atoms with van der Waals surface area (Å²) in [5.41, 5.74) is 0.791. The number of hydrogen-bond acceptors (Lipinski definition) is 3. The molecule has 2 aromatic rings. The van der Waals surface area contributed by atoms with Crippen LogP contribution in [-0.4, -0.2) is 65.1 Å². The lowest BCUT2D eigenvalue weighted by molar-refractivity contribution is -0.140. The molecular weight excluding hydrogens is 330 g/mol. The van der Waals surface area contributed by atoms with Crippen molar-refractivity contribution in [2.45, 2.75) is 31.4 Å². The number of amides is 2. The van der Waals surface area contributed by atoms with Gasteiger partial charge < -0.3 is 19.1 Å². The molecule has 138 valence electrons. The highest BCUT2D eigenvalue weighted by Gasteiger charge is 2.40. The normalized spacial score (nSPS) is 20.6. The van der Waals surface area contributed by atoms with Gasteiger partial charge in [-0.05, 0) is 30.4 Å². The molecule has 2 fully saturated rings. The van der Waals surface area contributed by atoms with Crippen molar-refractivity contribution in [3.05, 3.63) is 36.5 Å². The Bertz CT molecular complexity index is 821. The third-order valence-electron chi connectivity index (χ3n) is 5.69. The first-order valence-electron chi connectivity index (χ1n) is 9.26. The average Bonchev–Trinajstić information content (AvgIpc) is 2.99. The summed E-state index contributed by atoms with van der Waals surface area (Å²) in [6, 6.07) is 10.1. The summed E-state index contributed by atoms with van der Waals surface area (Å²) in [7, 11) is 1.84. The van der Waals surface area contributed by atoms with Crippen molar-refractivity contribution >= 4 is 22.7 Å². The lowest BCUT2D eigenvalue weighted by Gasteiger charge is -2.42. The number of carbonyl (C=O) groups excluding carboxylic acids is 2. The summed E-state index contributed by atoms with van der Waals surface area (Å²) in [5.74, 6) is 0.277. The minimum Gasteiger partial charge on any atom is -0.372 e. The topological polar surface area (TPSA) is 54.8 Å². The van der Waals surface area contributed by atoms with E-state index in [4.69, 9.17) is 4.74 Å². The monoisotopic (exact) mass is 355 g/mol. The second kappa shape index (κ2) is 6.76. The van der Waals surface area contributed by atoms with Crippen LogP contribution in [0.1, 0.15) is 19.3 Å². The van der Waals surface area contributed by atoms with Crippen molar-refractivity contribution in [1.82, 2.24) is 14.4 Å². The molecule has 0 radical (unpaired) electrons. The molecule has 2 amide bonds. The highest BCUT2D eigenvalue weighted by molar-refractivity contribution is 5.83. The number of hydrogen-bond donors (Lipinski definition) is 0. The van der Waals surface area contributed by atoms with Gasteiger partial charge >= 0.3 is 0 Å². The van der Waals surface area contributed by atoms with Crippen molar-refractivity contribution in [3.63, 3.8) is 0 Å². The highest BCUT2D eigenvalue weighted by atomic mass is 16.5. The fourth-order valence-corrected chi connectivity index (χ4v) is 4.10. The molecule has 6 heteroatoms. The number of carbonyl (C=O) groups is 2. The number of likely N-dealkylation sites (tertiary alicyclic amines) is 1. The van der Waals surface area contributed by atoms with Crippen LogP contribution < -0.4 is 0 Å². The first-order valence-corrected chi connectivity index (χ1v) is 9.26. The number of fused-ring (bicyclic) bond motifs is 1. The number of benzene rings is 1. The van der Waals surface area contributed by atoms with Crippen LogP contribution in [0.4, 0.5) is 0 Å². The summed E-state index contributed by atoms with van der Waals surface area (Å²) in [6.45, 7) is 2.82. The Labute approximate surface area is 153 Å². The zero-order chi connectivity index (χ0) is 18.1. The molecule has 1 aromatic carbocycles. The largest absolute Gasteiger partial charge is 0.372 e. The van der Waals surface area contributed by atoms with Crippen LogP contribution in [0.2, 0.25) is 0 Å². The van der Waals surface area contributed by atoms with Crippen LogP contribution in [0.3, 0.4) is 0 Å². The molecule has 0 unspecified atom stereocenters. The second-order valence-electron chi connectivity index (χ2n) is 7.41. The van der Waals surface area contributed by atoms with E-state index in [0.29, 0.717) is 39.2 Å². The van der Waals surface area contributed by atoms with Gasteiger partial charge in [-0.3, -0.25) is 9.59 Å². The SMILES string of the molecule is CN1CC2(CCN(C(=O)Cn3ccc4ccccc43)CC2)OCCC1=O. The Hall–Kier alpha value is -2.34. The molecule has 2 aliphatic rings. The molecule has 3 heterocycles. The van der Waals surface area contributed by atoms with Crippen molar-refractivity contribution in [3.8, 4) is 0 Å². The Morgan fingerprint density at radius 2 is 1.96 bits per heavy atom. The van der Waals surface area contributed by atoms with Crippen LogP contribution in [0.25, 0.3) is 10.9 Å². The maximum atomic E-state index is 12.8. The minimum absolute atomic E-state index is 0.138. The van der Waals surface area contributed by atoms with Crippen LogP contribution in [0, 0.1) is 0 Å². The number of likely N-dealkylation sites (N-methyl/N-ethyl adjacent to an activating group) is 1. The Morgan fingerprint density at radius 3 is 2.77 bits per heavy atom. The van der Waals surface area contributed by atoms with Gasteiger partial charge in [0.15, 0.2) is 0 Å². The van der Waals surface area contributed by atoms with Crippen LogP contribution in [-0.2, 0) is 20.9 Å². The van der Waals surface area contributed by atoms with Gasteiger partial charge in [0.05, 0.1) is 18.6 Å². The van der Waals surface area contributed by atoms with E-state index in [9.17, 15) is 9.59 Å². The summed E-state index contributed by atoms with van der Waals surface area (Å²) >= 11 is 0. The average molecular weight is 355 g/mol. The fourth-order valence-electron chi connectivity index (χ4n) is 4.10. The molecule has 0 aliphatic carbocycles. The number of nitrogens with zero attached hydrogens (tertiary/aromatic N) is 3. The summed E-state index contributed by atoms with van der Waals surface area (Å²) in [4.78, 5) is 28.3. The molecular formula is C20H25N3O3. The van der Waals surface area contributed by atoms with Gasteiger partial charge in [-0.2, -0.15) is 0 Å². The van der Waals surface area contributed by atoms with Crippen molar-refractivity contribution in [1.29, 1.82) is 0 Å². The molecule has 1 aromatic heterocycles. The zero-order valence-electron chi connectivity index (χ0n) is 15.2. The van der Waals surface area contributed by atoms with E-state index in [2.05, 4.69) is 6.07 Å². The third-order valence-corrected chi connectivity index (χ3v) is 5.69. The van der Waals surface area contributed by atoms with Gasteiger partial charge in [0, 0.05) is 38.4 Å². The predicted molar refractivity (Wildman–Crippen MR) is 98.7 cm³/mol. The standard InChI is InChI=1S/C20H25N3O3/c1-21-15-20(26-13-7-18(21)24)8-11-22(12-9-20)19(25)14-23-10-6-16-4-2-3-5-17(16)23/h2-6,10H,7-9,11-15H2,1H3. The first-order chi connectivity index (χ1) is 12.6. The van der Waals surface area contributed by atoms with E-state index < -0.39 is 0 Å². The van der Waals surface area contributed by atoms with Crippen molar-refractivity contribution < 1.29 is 14.3 Å². The molecule has 2 aliphatic heterocycles. The molecule has 0 saturated carbocycles. The van der Waals surface area contributed by atoms with E-state index in [1.165, 1.54) is 0 Å². The van der Waals surface area contributed by atoms with Gasteiger partial charge in [0.25, 0.3) is 0 Å². The van der Waals surface area contributed by atoms with E-state index in [1.54, 1.807) is 4.90 Å². The number of piperidine rings is 1. The van der Waals surface area contributed by atoms with Crippen molar-refractivity contribution in [2.24, 2.45) is 0 Å². The Balaban J connectivity index is 1.40. The molecule has 6 nitrogen and oxygen atoms in total. The number of para-hydroxylation sites is 1. The van der Waals surface area contributed by atoms with Crippen molar-refractivity contribution in [2.75, 3.05) is 33.3 Å². The predicted octanol–water partition coefficient (Wildman–Crippen LogP) is 1.88. The summed E-state index contributed by atoms with van der Waals surface area (Å²) in [6.07, 6.45) is 3.98. The molecule has 0 atom stereocenters. The smallest absolute Gasteiger partial charge is 0.242 e. The van der Waals surface area contributed by atoms with Crippen LogP contribution in [0.15, 0.2) is 36.5 Å². The highest BCUT2D eigenvalue weighted by Crippen LogP contribution is 2.30. The number of aromatic nitrogens is 1. The summed E-state index contributed by atoms with van der Waals surface area (Å²) < 4.78 is 8.07. The molecule has 0 N–H and O–H groups in total. The first kappa shape index (κ1) is 17.1. The lowest BCUT2D eigenvalue weighted by Crippen LogP contribution is -2.52. The lowest BCUT2D eigenvalue weighted by atomic mass is 9.90. The van der Waals surface area contributed by atoms with Gasteiger partial charge in [-0.15, -0.1) is 0 Å². The minimum atomic E-state index is -0.294. The van der Waals surface area contributed by atoms with Gasteiger partial charge in [-0.1, -0.05) is 18.2 Å². The van der Waals surface area contributed by atoms with Crippen LogP contribution >= 0.6 is 0 Å². The van der Waals surface area contributed by atoms with E-state index in [1.807, 2.05) is 47.0 Å². The van der Waals surface area contributed by atoms with Gasteiger partial charge in [0.2, 0.25) is 11.8 Å². The second-order valence-corrected chi connectivity index (χ2v) is 7.41. The van der Waals surface area contributed by atoms with Crippen LogP contribution in [0.5, 0.6) is 0 Å². The molecule has 0 bridgehead atoms. The quantitative estimate of drug-likeness (QED) is 0.827. The van der Waals surface area contributed by atoms with E-state index >= 15 is 0 Å². The van der Waals surface area contributed by atoms with Gasteiger partial charge in [0.1, 0.15) is 6.54 Å². The van der Waals surface area contributed by atoms with E-state index in [0.717, 1.165) is 23.7 Å². The fraction of sp³-hybridized carbons (Fsp3) is 0.500. The third kappa shape index (κ3) is 3.21. The molecule has 2 saturated heterocycles. The molecule has 26 heavy (non-hydrogen) atoms. The number of rotatable bonds is 2.